The lowest BCUT2D eigenvalue weighted by atomic mass is 9.87. The first-order chi connectivity index (χ1) is 13.3. The smallest absolute Gasteiger partial charge is 0.398 e. The number of hydrogen-bond donors (Lipinski definition) is 2. The second-order valence-corrected chi connectivity index (χ2v) is 7.06. The number of fused-ring (bicyclic) bond motifs is 1. The zero-order valence-corrected chi connectivity index (χ0v) is 15.3. The molecule has 144 valence electrons. The van der Waals surface area contributed by atoms with Crippen molar-refractivity contribution in [2.75, 3.05) is 12.3 Å². The Balaban J connectivity index is 1.74. The van der Waals surface area contributed by atoms with Gasteiger partial charge in [0, 0.05) is 24.0 Å². The number of halogens is 3. The molecule has 3 nitrogen and oxygen atoms in total. The van der Waals surface area contributed by atoms with E-state index in [4.69, 9.17) is 5.73 Å². The lowest BCUT2D eigenvalue weighted by Crippen LogP contribution is -2.31. The number of pyridine rings is 1. The SMILES string of the molecule is Cc1ccc(C2NCCc3c(N)cccc32)cc1-c1ccc(C(F)(F)F)cn1. The number of aryl methyl sites for hydroxylation is 1. The molecule has 6 heteroatoms. The molecule has 1 aromatic heterocycles. The van der Waals surface area contributed by atoms with Crippen LogP contribution >= 0.6 is 0 Å². The molecule has 1 unspecified atom stereocenters. The maximum atomic E-state index is 12.8. The Hall–Kier alpha value is -2.86. The molecule has 2 aromatic carbocycles. The molecule has 1 aliphatic heterocycles. The highest BCUT2D eigenvalue weighted by Crippen LogP contribution is 2.35. The Morgan fingerprint density at radius 1 is 1.11 bits per heavy atom. The zero-order chi connectivity index (χ0) is 19.9. The Morgan fingerprint density at radius 2 is 1.93 bits per heavy atom. The van der Waals surface area contributed by atoms with E-state index >= 15 is 0 Å². The van der Waals surface area contributed by atoms with Crippen molar-refractivity contribution < 1.29 is 13.2 Å². The van der Waals surface area contributed by atoms with Crippen molar-refractivity contribution in [3.8, 4) is 11.3 Å². The maximum Gasteiger partial charge on any atom is 0.417 e. The molecule has 3 N–H and O–H groups in total. The molecule has 0 spiro atoms. The molecule has 0 saturated heterocycles. The Morgan fingerprint density at radius 3 is 2.64 bits per heavy atom. The van der Waals surface area contributed by atoms with Gasteiger partial charge in [0.1, 0.15) is 0 Å². The van der Waals surface area contributed by atoms with E-state index in [2.05, 4.69) is 16.4 Å². The van der Waals surface area contributed by atoms with Gasteiger partial charge in [0.25, 0.3) is 0 Å². The van der Waals surface area contributed by atoms with Crippen LogP contribution in [-0.2, 0) is 12.6 Å². The summed E-state index contributed by atoms with van der Waals surface area (Å²) in [6, 6.07) is 14.4. The van der Waals surface area contributed by atoms with E-state index in [1.54, 1.807) is 0 Å². The third kappa shape index (κ3) is 3.36. The summed E-state index contributed by atoms with van der Waals surface area (Å²) in [4.78, 5) is 4.06. The summed E-state index contributed by atoms with van der Waals surface area (Å²) >= 11 is 0. The standard InChI is InChI=1S/C22H20F3N3/c1-13-5-6-14(21-17-3-2-4-19(26)16(17)9-10-27-21)11-18(13)20-8-7-15(12-28-20)22(23,24)25/h2-8,11-12,21,27H,9-10,26H2,1H3. The number of nitrogen functional groups attached to an aromatic ring is 1. The second kappa shape index (κ2) is 6.95. The van der Waals surface area contributed by atoms with Gasteiger partial charge in [-0.2, -0.15) is 13.2 Å². The minimum absolute atomic E-state index is 0.0129. The zero-order valence-electron chi connectivity index (χ0n) is 15.3. The van der Waals surface area contributed by atoms with Crippen molar-refractivity contribution in [3.63, 3.8) is 0 Å². The summed E-state index contributed by atoms with van der Waals surface area (Å²) in [6.07, 6.45) is -2.63. The first-order valence-electron chi connectivity index (χ1n) is 9.09. The monoisotopic (exact) mass is 383 g/mol. The van der Waals surface area contributed by atoms with Gasteiger partial charge in [0.2, 0.25) is 0 Å². The topological polar surface area (TPSA) is 50.9 Å². The predicted molar refractivity (Wildman–Crippen MR) is 104 cm³/mol. The van der Waals surface area contributed by atoms with Crippen molar-refractivity contribution in [1.82, 2.24) is 10.3 Å². The van der Waals surface area contributed by atoms with Crippen molar-refractivity contribution in [2.45, 2.75) is 25.6 Å². The first kappa shape index (κ1) is 18.5. The molecule has 3 aromatic rings. The Kier molecular flexibility index (Phi) is 4.59. The quantitative estimate of drug-likeness (QED) is 0.620. The number of alkyl halides is 3. The van der Waals surface area contributed by atoms with Gasteiger partial charge in [-0.3, -0.25) is 4.98 Å². The maximum absolute atomic E-state index is 12.8. The summed E-state index contributed by atoms with van der Waals surface area (Å²) in [5.41, 5.74) is 11.8. The summed E-state index contributed by atoms with van der Waals surface area (Å²) in [5.74, 6) is 0. The lowest BCUT2D eigenvalue weighted by molar-refractivity contribution is -0.137. The van der Waals surface area contributed by atoms with Crippen molar-refractivity contribution in [3.05, 3.63) is 82.5 Å². The second-order valence-electron chi connectivity index (χ2n) is 7.06. The number of nitrogens with two attached hydrogens (primary N) is 1. The van der Waals surface area contributed by atoms with Gasteiger partial charge in [-0.25, -0.2) is 0 Å². The molecule has 0 aliphatic carbocycles. The highest BCUT2D eigenvalue weighted by molar-refractivity contribution is 5.65. The molecule has 28 heavy (non-hydrogen) atoms. The van der Waals surface area contributed by atoms with Crippen LogP contribution in [0.2, 0.25) is 0 Å². The molecule has 1 atom stereocenters. The van der Waals surface area contributed by atoms with E-state index in [0.29, 0.717) is 5.69 Å². The molecule has 0 bridgehead atoms. The highest BCUT2D eigenvalue weighted by Gasteiger charge is 2.30. The molecule has 0 amide bonds. The fourth-order valence-corrected chi connectivity index (χ4v) is 3.75. The normalized spacial score (nSPS) is 16.6. The van der Waals surface area contributed by atoms with Crippen molar-refractivity contribution >= 4 is 5.69 Å². The predicted octanol–water partition coefficient (Wildman–Crippen LogP) is 4.89. The van der Waals surface area contributed by atoms with Crippen LogP contribution in [0.3, 0.4) is 0 Å². The van der Waals surface area contributed by atoms with Gasteiger partial charge in [0.05, 0.1) is 17.3 Å². The lowest BCUT2D eigenvalue weighted by Gasteiger charge is -2.29. The fraction of sp³-hybridized carbons (Fsp3) is 0.227. The summed E-state index contributed by atoms with van der Waals surface area (Å²) < 4.78 is 38.5. The van der Waals surface area contributed by atoms with Crippen LogP contribution in [0, 0.1) is 6.92 Å². The summed E-state index contributed by atoms with van der Waals surface area (Å²) in [6.45, 7) is 2.74. The van der Waals surface area contributed by atoms with Crippen LogP contribution in [0.4, 0.5) is 18.9 Å². The van der Waals surface area contributed by atoms with Crippen LogP contribution in [0.5, 0.6) is 0 Å². The van der Waals surface area contributed by atoms with Crippen molar-refractivity contribution in [1.29, 1.82) is 0 Å². The Labute approximate surface area is 161 Å². The van der Waals surface area contributed by atoms with Gasteiger partial charge >= 0.3 is 6.18 Å². The fourth-order valence-electron chi connectivity index (χ4n) is 3.75. The molecule has 4 rings (SSSR count). The number of hydrogen-bond acceptors (Lipinski definition) is 3. The molecule has 0 radical (unpaired) electrons. The van der Waals surface area contributed by atoms with Gasteiger partial charge in [0.15, 0.2) is 0 Å². The van der Waals surface area contributed by atoms with Crippen LogP contribution in [0.25, 0.3) is 11.3 Å². The van der Waals surface area contributed by atoms with E-state index in [1.807, 2.05) is 37.3 Å². The van der Waals surface area contributed by atoms with Gasteiger partial charge < -0.3 is 11.1 Å². The number of nitrogens with zero attached hydrogens (tertiary/aromatic N) is 1. The summed E-state index contributed by atoms with van der Waals surface area (Å²) in [7, 11) is 0. The van der Waals surface area contributed by atoms with E-state index in [-0.39, 0.29) is 6.04 Å². The van der Waals surface area contributed by atoms with Crippen LogP contribution < -0.4 is 11.1 Å². The molecule has 0 saturated carbocycles. The highest BCUT2D eigenvalue weighted by atomic mass is 19.4. The van der Waals surface area contributed by atoms with Crippen molar-refractivity contribution in [2.24, 2.45) is 0 Å². The Bertz CT molecular complexity index is 1010. The third-order valence-corrected chi connectivity index (χ3v) is 5.24. The molecule has 1 aliphatic rings. The number of anilines is 1. The van der Waals surface area contributed by atoms with Gasteiger partial charge in [-0.1, -0.05) is 24.3 Å². The molecular weight excluding hydrogens is 363 g/mol. The minimum atomic E-state index is -4.39. The average molecular weight is 383 g/mol. The van der Waals surface area contributed by atoms with E-state index in [9.17, 15) is 13.2 Å². The number of nitrogens with one attached hydrogen (secondary N) is 1. The number of benzene rings is 2. The first-order valence-corrected chi connectivity index (χ1v) is 9.09. The van der Waals surface area contributed by atoms with Gasteiger partial charge in [-0.05, 0) is 59.9 Å². The van der Waals surface area contributed by atoms with Gasteiger partial charge in [-0.15, -0.1) is 0 Å². The minimum Gasteiger partial charge on any atom is -0.398 e. The molecule has 0 fully saturated rings. The van der Waals surface area contributed by atoms with Crippen LogP contribution in [0.1, 0.15) is 33.9 Å². The van der Waals surface area contributed by atoms with Crippen LogP contribution in [0.15, 0.2) is 54.7 Å². The number of rotatable bonds is 2. The third-order valence-electron chi connectivity index (χ3n) is 5.24. The average Bonchev–Trinajstić information content (AvgIpc) is 2.68. The summed E-state index contributed by atoms with van der Waals surface area (Å²) in [5, 5.41) is 3.52. The van der Waals surface area contributed by atoms with Crippen LogP contribution in [-0.4, -0.2) is 11.5 Å². The van der Waals surface area contributed by atoms with E-state index in [1.165, 1.54) is 6.07 Å². The molecule has 2 heterocycles. The largest absolute Gasteiger partial charge is 0.417 e. The van der Waals surface area contributed by atoms with E-state index in [0.717, 1.165) is 58.7 Å². The molecular formula is C22H20F3N3. The van der Waals surface area contributed by atoms with E-state index < -0.39 is 11.7 Å². The number of aromatic nitrogens is 1.